The minimum absolute atomic E-state index is 0.458. The van der Waals surface area contributed by atoms with Gasteiger partial charge in [0.1, 0.15) is 5.82 Å². The first-order valence-corrected chi connectivity index (χ1v) is 2.49. The molecule has 0 spiro atoms. The van der Waals surface area contributed by atoms with E-state index in [2.05, 4.69) is 15.3 Å². The van der Waals surface area contributed by atoms with E-state index in [1.807, 2.05) is 0 Å². The first-order chi connectivity index (χ1) is 4.43. The quantitative estimate of drug-likeness (QED) is 0.597. The van der Waals surface area contributed by atoms with Crippen LogP contribution in [-0.2, 0) is 0 Å². The fourth-order valence-electron chi connectivity index (χ4n) is 0.459. The maximum atomic E-state index is 11.5. The lowest BCUT2D eigenvalue weighted by atomic mass is 10.7. The van der Waals surface area contributed by atoms with E-state index in [-0.39, 0.29) is 0 Å². The highest BCUT2D eigenvalue weighted by atomic mass is 19.1. The fraction of sp³-hybridized carbons (Fsp3) is 0.200. The standard InChI is InChI=1S/C5H6FN3/c6-4-9-5-3-7-1-2-8-5/h1-3H,4H2,(H,8,9). The number of nitrogens with zero attached hydrogens (tertiary/aromatic N) is 2. The van der Waals surface area contributed by atoms with Crippen LogP contribution in [0.25, 0.3) is 0 Å². The molecular formula is C5H6FN3. The highest BCUT2D eigenvalue weighted by molar-refractivity contribution is 5.28. The maximum Gasteiger partial charge on any atom is 0.160 e. The molecule has 0 radical (unpaired) electrons. The molecule has 1 aromatic heterocycles. The smallest absolute Gasteiger partial charge is 0.160 e. The zero-order valence-electron chi connectivity index (χ0n) is 4.71. The molecule has 0 atom stereocenters. The molecule has 0 unspecified atom stereocenters. The molecule has 1 rings (SSSR count). The summed E-state index contributed by atoms with van der Waals surface area (Å²) >= 11 is 0. The summed E-state index contributed by atoms with van der Waals surface area (Å²) in [7, 11) is 0. The zero-order chi connectivity index (χ0) is 6.53. The molecule has 0 aromatic carbocycles. The van der Waals surface area contributed by atoms with Gasteiger partial charge in [-0.2, -0.15) is 0 Å². The monoisotopic (exact) mass is 127 g/mol. The Morgan fingerprint density at radius 2 is 2.44 bits per heavy atom. The molecule has 1 heterocycles. The number of nitrogens with one attached hydrogen (secondary N) is 1. The molecule has 0 saturated heterocycles. The van der Waals surface area contributed by atoms with E-state index in [0.29, 0.717) is 5.82 Å². The summed E-state index contributed by atoms with van der Waals surface area (Å²) in [5.74, 6) is 0.458. The van der Waals surface area contributed by atoms with Crippen LogP contribution in [0.4, 0.5) is 10.2 Å². The fourth-order valence-corrected chi connectivity index (χ4v) is 0.459. The first-order valence-electron chi connectivity index (χ1n) is 2.49. The second kappa shape index (κ2) is 2.96. The zero-order valence-corrected chi connectivity index (χ0v) is 4.71. The number of hydrogen-bond acceptors (Lipinski definition) is 3. The number of halogens is 1. The summed E-state index contributed by atoms with van der Waals surface area (Å²) in [6, 6.07) is 0. The lowest BCUT2D eigenvalue weighted by Crippen LogP contribution is -1.97. The van der Waals surface area contributed by atoms with Crippen molar-refractivity contribution in [1.29, 1.82) is 0 Å². The Morgan fingerprint density at radius 1 is 1.56 bits per heavy atom. The predicted molar refractivity (Wildman–Crippen MR) is 31.6 cm³/mol. The highest BCUT2D eigenvalue weighted by Crippen LogP contribution is 1.94. The topological polar surface area (TPSA) is 37.8 Å². The molecule has 0 amide bonds. The Morgan fingerprint density at radius 3 is 3.00 bits per heavy atom. The van der Waals surface area contributed by atoms with Crippen molar-refractivity contribution in [3.63, 3.8) is 0 Å². The summed E-state index contributed by atoms with van der Waals surface area (Å²) in [5.41, 5.74) is 0. The number of hydrogen-bond donors (Lipinski definition) is 1. The largest absolute Gasteiger partial charge is 0.342 e. The molecule has 0 fully saturated rings. The van der Waals surface area contributed by atoms with Crippen LogP contribution in [0.2, 0.25) is 0 Å². The highest BCUT2D eigenvalue weighted by Gasteiger charge is 1.85. The molecule has 1 N–H and O–H groups in total. The number of aromatic nitrogens is 2. The van der Waals surface area contributed by atoms with Crippen molar-refractivity contribution < 1.29 is 4.39 Å². The van der Waals surface area contributed by atoms with Crippen molar-refractivity contribution in [2.24, 2.45) is 0 Å². The van der Waals surface area contributed by atoms with Crippen LogP contribution >= 0.6 is 0 Å². The Labute approximate surface area is 52.0 Å². The summed E-state index contributed by atoms with van der Waals surface area (Å²) in [4.78, 5) is 7.47. The molecule has 0 saturated carbocycles. The molecule has 4 heteroatoms. The van der Waals surface area contributed by atoms with E-state index >= 15 is 0 Å². The van der Waals surface area contributed by atoms with Gasteiger partial charge < -0.3 is 5.32 Å². The Bertz CT molecular complexity index is 165. The van der Waals surface area contributed by atoms with E-state index in [1.54, 1.807) is 0 Å². The maximum absolute atomic E-state index is 11.5. The van der Waals surface area contributed by atoms with Crippen molar-refractivity contribution in [3.8, 4) is 0 Å². The van der Waals surface area contributed by atoms with Crippen molar-refractivity contribution >= 4 is 5.82 Å². The number of anilines is 1. The van der Waals surface area contributed by atoms with Gasteiger partial charge in [-0.3, -0.25) is 4.98 Å². The Hall–Kier alpha value is -1.19. The molecule has 0 aliphatic heterocycles. The minimum atomic E-state index is -0.612. The second-order valence-electron chi connectivity index (χ2n) is 1.40. The summed E-state index contributed by atoms with van der Waals surface area (Å²) < 4.78 is 11.5. The number of rotatable bonds is 2. The third-order valence-corrected chi connectivity index (χ3v) is 0.811. The molecular weight excluding hydrogens is 121 g/mol. The average molecular weight is 127 g/mol. The van der Waals surface area contributed by atoms with Crippen LogP contribution in [0.1, 0.15) is 0 Å². The summed E-state index contributed by atoms with van der Waals surface area (Å²) in [6.07, 6.45) is 4.49. The van der Waals surface area contributed by atoms with Crippen LogP contribution in [0.15, 0.2) is 18.6 Å². The van der Waals surface area contributed by atoms with Crippen LogP contribution in [0.5, 0.6) is 0 Å². The molecule has 1 aromatic rings. The molecule has 0 aliphatic rings. The van der Waals surface area contributed by atoms with Gasteiger partial charge in [-0.05, 0) is 0 Å². The van der Waals surface area contributed by atoms with Crippen LogP contribution < -0.4 is 5.32 Å². The van der Waals surface area contributed by atoms with Crippen molar-refractivity contribution in [1.82, 2.24) is 9.97 Å². The van der Waals surface area contributed by atoms with Gasteiger partial charge >= 0.3 is 0 Å². The van der Waals surface area contributed by atoms with Crippen molar-refractivity contribution in [2.45, 2.75) is 0 Å². The van der Waals surface area contributed by atoms with Crippen LogP contribution in [0, 0.1) is 0 Å². The third kappa shape index (κ3) is 1.64. The molecule has 3 nitrogen and oxygen atoms in total. The lowest BCUT2D eigenvalue weighted by Gasteiger charge is -1.95. The van der Waals surface area contributed by atoms with E-state index in [4.69, 9.17) is 0 Å². The minimum Gasteiger partial charge on any atom is -0.342 e. The molecule has 0 aliphatic carbocycles. The van der Waals surface area contributed by atoms with Gasteiger partial charge in [0.2, 0.25) is 0 Å². The van der Waals surface area contributed by atoms with Gasteiger partial charge in [0.15, 0.2) is 6.80 Å². The average Bonchev–Trinajstić information content (AvgIpc) is 1.91. The van der Waals surface area contributed by atoms with E-state index in [0.717, 1.165) is 0 Å². The van der Waals surface area contributed by atoms with Gasteiger partial charge in [0.05, 0.1) is 6.20 Å². The van der Waals surface area contributed by atoms with Gasteiger partial charge in [-0.1, -0.05) is 0 Å². The van der Waals surface area contributed by atoms with E-state index in [9.17, 15) is 4.39 Å². The van der Waals surface area contributed by atoms with Crippen molar-refractivity contribution in [3.05, 3.63) is 18.6 Å². The van der Waals surface area contributed by atoms with Gasteiger partial charge in [0.25, 0.3) is 0 Å². The van der Waals surface area contributed by atoms with Gasteiger partial charge in [0, 0.05) is 12.4 Å². The Balaban J connectivity index is 2.61. The van der Waals surface area contributed by atoms with E-state index in [1.165, 1.54) is 18.6 Å². The third-order valence-electron chi connectivity index (χ3n) is 0.811. The molecule has 48 valence electrons. The number of alkyl halides is 1. The van der Waals surface area contributed by atoms with Crippen LogP contribution in [-0.4, -0.2) is 16.8 Å². The van der Waals surface area contributed by atoms with Crippen molar-refractivity contribution in [2.75, 3.05) is 12.1 Å². The second-order valence-corrected chi connectivity index (χ2v) is 1.40. The summed E-state index contributed by atoms with van der Waals surface area (Å²) in [5, 5.41) is 2.37. The predicted octanol–water partition coefficient (Wildman–Crippen LogP) is 0.815. The van der Waals surface area contributed by atoms with E-state index < -0.39 is 6.80 Å². The first kappa shape index (κ1) is 5.94. The summed E-state index contributed by atoms with van der Waals surface area (Å²) in [6.45, 7) is -0.612. The van der Waals surface area contributed by atoms with Gasteiger partial charge in [-0.25, -0.2) is 9.37 Å². The molecule has 0 bridgehead atoms. The van der Waals surface area contributed by atoms with Crippen LogP contribution in [0.3, 0.4) is 0 Å². The van der Waals surface area contributed by atoms with Gasteiger partial charge in [-0.15, -0.1) is 0 Å². The lowest BCUT2D eigenvalue weighted by molar-refractivity contribution is 0.535. The SMILES string of the molecule is FCNc1cnccn1. The molecule has 9 heavy (non-hydrogen) atoms. The Kier molecular flexibility index (Phi) is 1.95. The normalized spacial score (nSPS) is 9.00.